The summed E-state index contributed by atoms with van der Waals surface area (Å²) in [5.41, 5.74) is 0.852. The van der Waals surface area contributed by atoms with Gasteiger partial charge in [-0.2, -0.15) is 0 Å². The lowest BCUT2D eigenvalue weighted by Crippen LogP contribution is -2.43. The number of hydrogen-bond acceptors (Lipinski definition) is 6. The summed E-state index contributed by atoms with van der Waals surface area (Å²) >= 11 is 0. The molecule has 1 saturated heterocycles. The summed E-state index contributed by atoms with van der Waals surface area (Å²) in [5, 5.41) is 3.47. The van der Waals surface area contributed by atoms with E-state index in [0.29, 0.717) is 36.4 Å². The van der Waals surface area contributed by atoms with Gasteiger partial charge in [-0.25, -0.2) is 14.0 Å². The number of nitrogens with zero attached hydrogens (tertiary/aromatic N) is 2. The molecule has 1 N–H and O–H groups in total. The van der Waals surface area contributed by atoms with E-state index in [1.54, 1.807) is 28.6 Å². The Labute approximate surface area is 194 Å². The number of rotatable bonds is 5. The van der Waals surface area contributed by atoms with Crippen LogP contribution in [0.4, 0.5) is 10.1 Å². The maximum Gasteiger partial charge on any atom is 0.200 e. The third-order valence-corrected chi connectivity index (χ3v) is 5.90. The Morgan fingerprint density at radius 1 is 1.12 bits per heavy atom. The minimum atomic E-state index is -0.552. The molecule has 4 rings (SSSR count). The van der Waals surface area contributed by atoms with Crippen molar-refractivity contribution in [1.82, 2.24) is 9.88 Å². The van der Waals surface area contributed by atoms with Gasteiger partial charge in [0.15, 0.2) is 5.78 Å². The molecule has 3 aromatic rings. The monoisotopic (exact) mass is 459 g/mol. The van der Waals surface area contributed by atoms with E-state index in [2.05, 4.69) is 5.32 Å². The quantitative estimate of drug-likeness (QED) is 0.441. The first-order chi connectivity index (χ1) is 16.5. The van der Waals surface area contributed by atoms with Crippen LogP contribution >= 0.6 is 0 Å². The molecule has 7 nitrogen and oxygen atoms in total. The molecule has 2 heterocycles. The Morgan fingerprint density at radius 2 is 1.85 bits per heavy atom. The van der Waals surface area contributed by atoms with Gasteiger partial charge in [-0.1, -0.05) is 12.1 Å². The fraction of sp³-hybridized carbons (Fsp3) is 0.231. The Bertz CT molecular complexity index is 1540. The molecule has 0 unspecified atom stereocenters. The number of aryl methyl sites for hydroxylation is 1. The van der Waals surface area contributed by atoms with Crippen LogP contribution in [0.3, 0.4) is 0 Å². The number of pyridine rings is 1. The molecule has 1 aromatic heterocycles. The van der Waals surface area contributed by atoms with E-state index in [9.17, 15) is 23.6 Å². The third-order valence-electron chi connectivity index (χ3n) is 5.90. The molecule has 0 aliphatic carbocycles. The molecule has 172 valence electrons. The summed E-state index contributed by atoms with van der Waals surface area (Å²) in [4.78, 5) is 49.8. The number of hydrogen-bond donors (Lipinski definition) is 1. The maximum absolute atomic E-state index is 15.0. The van der Waals surface area contributed by atoms with Gasteiger partial charge in [-0.05, 0) is 42.8 Å². The first kappa shape index (κ1) is 23.1. The number of benzene rings is 2. The van der Waals surface area contributed by atoms with E-state index in [1.807, 2.05) is 11.8 Å². The van der Waals surface area contributed by atoms with Gasteiger partial charge in [0.05, 0.1) is 27.2 Å². The number of ketones is 1. The highest BCUT2D eigenvalue weighted by molar-refractivity contribution is 6.08. The molecule has 8 heteroatoms. The summed E-state index contributed by atoms with van der Waals surface area (Å²) in [6.07, 6.45) is 4.14. The van der Waals surface area contributed by atoms with Crippen LogP contribution < -0.4 is 26.1 Å². The summed E-state index contributed by atoms with van der Waals surface area (Å²) in [5.74, 6) is 2.25. The Kier molecular flexibility index (Phi) is 6.66. The van der Waals surface area contributed by atoms with Crippen LogP contribution in [0.2, 0.25) is 0 Å². The van der Waals surface area contributed by atoms with Crippen LogP contribution in [0.1, 0.15) is 22.8 Å². The minimum absolute atomic E-state index is 0.0272. The van der Waals surface area contributed by atoms with Crippen LogP contribution in [-0.4, -0.2) is 48.4 Å². The van der Waals surface area contributed by atoms with E-state index in [1.165, 1.54) is 36.5 Å². The van der Waals surface area contributed by atoms with E-state index in [0.717, 1.165) is 13.1 Å². The average Bonchev–Trinajstić information content (AvgIpc) is 2.87. The Balaban J connectivity index is 1.76. The van der Waals surface area contributed by atoms with Gasteiger partial charge in [0, 0.05) is 44.3 Å². The summed E-state index contributed by atoms with van der Waals surface area (Å²) in [7, 11) is 0. The first-order valence-electron chi connectivity index (χ1n) is 10.9. The third kappa shape index (κ3) is 4.38. The predicted molar refractivity (Wildman–Crippen MR) is 128 cm³/mol. The number of carbonyl (C=O) groups is 1. The van der Waals surface area contributed by atoms with Gasteiger partial charge in [-0.3, -0.25) is 9.59 Å². The topological polar surface area (TPSA) is 88.5 Å². The fourth-order valence-electron chi connectivity index (χ4n) is 4.09. The van der Waals surface area contributed by atoms with Crippen molar-refractivity contribution in [3.63, 3.8) is 0 Å². The molecule has 1 aliphatic heterocycles. The van der Waals surface area contributed by atoms with Crippen molar-refractivity contribution >= 4 is 40.3 Å². The van der Waals surface area contributed by atoms with Crippen LogP contribution in [0.25, 0.3) is 17.0 Å². The molecular weight excluding hydrogens is 437 g/mol. The van der Waals surface area contributed by atoms with Crippen LogP contribution in [0, 0.1) is 5.82 Å². The highest BCUT2D eigenvalue weighted by Crippen LogP contribution is 2.25. The predicted octanol–water partition coefficient (Wildman–Crippen LogP) is 0.473. The normalized spacial score (nSPS) is 13.8. The molecule has 0 saturated carbocycles. The zero-order chi connectivity index (χ0) is 24.2. The number of fused-ring (bicyclic) bond motifs is 1. The van der Waals surface area contributed by atoms with E-state index < -0.39 is 17.0 Å². The van der Waals surface area contributed by atoms with Gasteiger partial charge in [0.1, 0.15) is 17.7 Å². The molecule has 0 atom stereocenters. The Hall–Kier alpha value is -4.09. The lowest BCUT2D eigenvalue weighted by Gasteiger charge is -2.30. The number of anilines is 1. The number of nitrogens with one attached hydrogen (secondary N) is 1. The molecule has 0 bridgehead atoms. The molecule has 0 radical (unpaired) electrons. The van der Waals surface area contributed by atoms with E-state index in [-0.39, 0.29) is 21.4 Å². The molecule has 0 amide bonds. The van der Waals surface area contributed by atoms with Crippen LogP contribution in [0.15, 0.2) is 47.4 Å². The van der Waals surface area contributed by atoms with Gasteiger partial charge in [0.2, 0.25) is 5.43 Å². The highest BCUT2D eigenvalue weighted by Gasteiger charge is 2.19. The van der Waals surface area contributed by atoms with Crippen LogP contribution in [0.5, 0.6) is 0 Å². The van der Waals surface area contributed by atoms with Gasteiger partial charge in [-0.15, -0.1) is 0 Å². The maximum atomic E-state index is 15.0. The summed E-state index contributed by atoms with van der Waals surface area (Å²) in [6.45, 7) is 5.19. The van der Waals surface area contributed by atoms with Crippen molar-refractivity contribution in [3.05, 3.63) is 80.2 Å². The number of aromatic nitrogens is 1. The van der Waals surface area contributed by atoms with E-state index in [4.69, 9.17) is 0 Å². The van der Waals surface area contributed by atoms with Gasteiger partial charge in [0.25, 0.3) is 0 Å². The molecular formula is C26H22FN3O4. The zero-order valence-corrected chi connectivity index (χ0v) is 18.6. The SMILES string of the molecule is CCn1cc(C(=O)/C=C/c2ccc(=C=O)c(=C=O)c2)c(=O)c2cc(F)c(N3CCNCC3)cc21. The van der Waals surface area contributed by atoms with Gasteiger partial charge >= 0.3 is 0 Å². The highest BCUT2D eigenvalue weighted by atomic mass is 19.1. The number of carbonyl (C=O) groups excluding carboxylic acids is 3. The average molecular weight is 459 g/mol. The minimum Gasteiger partial charge on any atom is -0.367 e. The summed E-state index contributed by atoms with van der Waals surface area (Å²) < 4.78 is 16.7. The fourth-order valence-corrected chi connectivity index (χ4v) is 4.09. The number of allylic oxidation sites excluding steroid dienone is 1. The number of halogens is 1. The second-order valence-electron chi connectivity index (χ2n) is 7.92. The lowest BCUT2D eigenvalue weighted by molar-refractivity contribution is 0.104. The smallest absolute Gasteiger partial charge is 0.200 e. The van der Waals surface area contributed by atoms with Crippen molar-refractivity contribution < 1.29 is 18.8 Å². The molecule has 0 spiro atoms. The van der Waals surface area contributed by atoms with Crippen molar-refractivity contribution in [2.45, 2.75) is 13.5 Å². The Morgan fingerprint density at radius 3 is 2.53 bits per heavy atom. The van der Waals surface area contributed by atoms with Crippen molar-refractivity contribution in [2.24, 2.45) is 0 Å². The van der Waals surface area contributed by atoms with E-state index >= 15 is 0 Å². The molecule has 1 fully saturated rings. The summed E-state index contributed by atoms with van der Waals surface area (Å²) in [6, 6.07) is 7.23. The lowest BCUT2D eigenvalue weighted by atomic mass is 10.1. The zero-order valence-electron chi connectivity index (χ0n) is 18.6. The largest absolute Gasteiger partial charge is 0.367 e. The molecule has 1 aliphatic rings. The number of piperazine rings is 1. The standard InChI is InChI=1S/C26H22FN3O4/c1-2-29-14-21(25(33)6-4-17-3-5-18(15-31)19(11-17)16-32)26(34)20-12-22(27)24(13-23(20)29)30-9-7-28-8-10-30/h3-6,11-14,28H,2,7-10H2,1H3/b6-4+. The molecule has 2 aromatic carbocycles. The second kappa shape index (κ2) is 9.81. The first-order valence-corrected chi connectivity index (χ1v) is 10.9. The van der Waals surface area contributed by atoms with Crippen molar-refractivity contribution in [3.8, 4) is 0 Å². The van der Waals surface area contributed by atoms with Crippen molar-refractivity contribution in [2.75, 3.05) is 31.1 Å². The van der Waals surface area contributed by atoms with Crippen molar-refractivity contribution in [1.29, 1.82) is 0 Å². The van der Waals surface area contributed by atoms with Gasteiger partial charge < -0.3 is 14.8 Å². The molecule has 34 heavy (non-hydrogen) atoms. The second-order valence-corrected chi connectivity index (χ2v) is 7.92. The van der Waals surface area contributed by atoms with Crippen LogP contribution in [-0.2, 0) is 16.1 Å².